The van der Waals surface area contributed by atoms with Crippen LogP contribution in [0.3, 0.4) is 0 Å². The van der Waals surface area contributed by atoms with E-state index in [1.807, 2.05) is 5.38 Å². The van der Waals surface area contributed by atoms with Gasteiger partial charge in [-0.25, -0.2) is 0 Å². The average Bonchev–Trinajstić information content (AvgIpc) is 3.15. The molecule has 1 atom stereocenters. The molecule has 2 rings (SSSR count). The molecule has 1 aromatic rings. The molecule has 0 aromatic carbocycles. The summed E-state index contributed by atoms with van der Waals surface area (Å²) < 4.78 is 0. The Balaban J connectivity index is 1.54. The van der Waals surface area contributed by atoms with E-state index in [9.17, 15) is 9.59 Å². The molecule has 2 N–H and O–H groups in total. The van der Waals surface area contributed by atoms with E-state index in [0.29, 0.717) is 31.0 Å². The van der Waals surface area contributed by atoms with Crippen LogP contribution in [0, 0.1) is 5.92 Å². The summed E-state index contributed by atoms with van der Waals surface area (Å²) in [6.45, 7) is 12.1. The summed E-state index contributed by atoms with van der Waals surface area (Å²) in [6.07, 6.45) is 0.317. The Morgan fingerprint density at radius 1 is 1.20 bits per heavy atom. The van der Waals surface area contributed by atoms with Crippen LogP contribution in [-0.2, 0) is 4.79 Å². The molecule has 0 bridgehead atoms. The predicted molar refractivity (Wildman–Crippen MR) is 102 cm³/mol. The van der Waals surface area contributed by atoms with Crippen molar-refractivity contribution >= 4 is 23.2 Å². The largest absolute Gasteiger partial charge is 0.356 e. The predicted octanol–water partition coefficient (Wildman–Crippen LogP) is 1.26. The Kier molecular flexibility index (Phi) is 8.37. The fourth-order valence-electron chi connectivity index (χ4n) is 2.96. The molecule has 1 aromatic heterocycles. The van der Waals surface area contributed by atoms with Gasteiger partial charge in [0.05, 0.1) is 0 Å². The van der Waals surface area contributed by atoms with Crippen molar-refractivity contribution in [3.8, 4) is 0 Å². The standard InChI is InChI=1S/C18H30N4O2S/c1-3-21-7-9-22(10-8-21)13-15(2)12-20-17(23)4-6-19-18(24)16-5-11-25-14-16/h5,11,14-15H,3-4,6-10,12-13H2,1-2H3,(H,19,24)(H,20,23). The molecule has 25 heavy (non-hydrogen) atoms. The molecule has 140 valence electrons. The number of likely N-dealkylation sites (N-methyl/N-ethyl adjacent to an activating group) is 1. The third kappa shape index (κ3) is 7.13. The van der Waals surface area contributed by atoms with E-state index in [1.54, 1.807) is 11.4 Å². The second-order valence-corrected chi connectivity index (χ2v) is 7.44. The molecule has 2 heterocycles. The second-order valence-electron chi connectivity index (χ2n) is 6.66. The molecule has 1 fully saturated rings. The van der Waals surface area contributed by atoms with Crippen molar-refractivity contribution in [2.45, 2.75) is 20.3 Å². The zero-order chi connectivity index (χ0) is 18.1. The molecule has 0 aliphatic carbocycles. The fourth-order valence-corrected chi connectivity index (χ4v) is 3.59. The van der Waals surface area contributed by atoms with Crippen molar-refractivity contribution in [1.82, 2.24) is 20.4 Å². The minimum absolute atomic E-state index is 0.00623. The van der Waals surface area contributed by atoms with Gasteiger partial charge in [-0.3, -0.25) is 9.59 Å². The molecule has 1 saturated heterocycles. The lowest BCUT2D eigenvalue weighted by Crippen LogP contribution is -2.48. The molecule has 1 aliphatic heterocycles. The number of rotatable bonds is 9. The van der Waals surface area contributed by atoms with Gasteiger partial charge in [-0.05, 0) is 23.9 Å². The minimum atomic E-state index is -0.117. The normalized spacial score (nSPS) is 17.2. The highest BCUT2D eigenvalue weighted by atomic mass is 32.1. The van der Waals surface area contributed by atoms with E-state index in [4.69, 9.17) is 0 Å². The van der Waals surface area contributed by atoms with Crippen LogP contribution >= 0.6 is 11.3 Å². The van der Waals surface area contributed by atoms with Gasteiger partial charge in [-0.1, -0.05) is 13.8 Å². The second kappa shape index (κ2) is 10.5. The van der Waals surface area contributed by atoms with Crippen LogP contribution < -0.4 is 10.6 Å². The van der Waals surface area contributed by atoms with Crippen molar-refractivity contribution in [2.75, 3.05) is 52.4 Å². The number of amides is 2. The molecule has 1 aliphatic rings. The summed E-state index contributed by atoms with van der Waals surface area (Å²) in [7, 11) is 0. The monoisotopic (exact) mass is 366 g/mol. The summed E-state index contributed by atoms with van der Waals surface area (Å²) in [5.74, 6) is 0.305. The van der Waals surface area contributed by atoms with Crippen molar-refractivity contribution in [3.63, 3.8) is 0 Å². The Morgan fingerprint density at radius 2 is 1.92 bits per heavy atom. The van der Waals surface area contributed by atoms with Gasteiger partial charge in [-0.2, -0.15) is 11.3 Å². The van der Waals surface area contributed by atoms with E-state index < -0.39 is 0 Å². The Morgan fingerprint density at radius 3 is 2.56 bits per heavy atom. The zero-order valence-corrected chi connectivity index (χ0v) is 16.1. The topological polar surface area (TPSA) is 64.7 Å². The van der Waals surface area contributed by atoms with Crippen LogP contribution in [0.1, 0.15) is 30.6 Å². The molecule has 2 amide bonds. The number of thiophene rings is 1. The first kappa shape index (κ1) is 19.9. The average molecular weight is 367 g/mol. The van der Waals surface area contributed by atoms with Crippen LogP contribution in [0.4, 0.5) is 0 Å². The van der Waals surface area contributed by atoms with Gasteiger partial charge >= 0.3 is 0 Å². The van der Waals surface area contributed by atoms with E-state index >= 15 is 0 Å². The molecule has 0 radical (unpaired) electrons. The molecule has 0 spiro atoms. The van der Waals surface area contributed by atoms with Gasteiger partial charge < -0.3 is 20.4 Å². The van der Waals surface area contributed by atoms with Crippen molar-refractivity contribution in [3.05, 3.63) is 22.4 Å². The number of nitrogens with zero attached hydrogens (tertiary/aromatic N) is 2. The summed E-state index contributed by atoms with van der Waals surface area (Å²) in [5.41, 5.74) is 0.655. The maximum atomic E-state index is 11.9. The number of hydrogen-bond donors (Lipinski definition) is 2. The van der Waals surface area contributed by atoms with Gasteiger partial charge in [-0.15, -0.1) is 0 Å². The van der Waals surface area contributed by atoms with Crippen molar-refractivity contribution in [1.29, 1.82) is 0 Å². The first-order valence-corrected chi connectivity index (χ1v) is 10.0. The molecular formula is C18H30N4O2S. The molecule has 0 saturated carbocycles. The quantitative estimate of drug-likeness (QED) is 0.691. The first-order chi connectivity index (χ1) is 12.1. The number of nitrogens with one attached hydrogen (secondary N) is 2. The van der Waals surface area contributed by atoms with Gasteiger partial charge in [0.15, 0.2) is 0 Å². The lowest BCUT2D eigenvalue weighted by molar-refractivity contribution is -0.121. The third-order valence-electron chi connectivity index (χ3n) is 4.55. The molecular weight excluding hydrogens is 336 g/mol. The Hall–Kier alpha value is -1.44. The maximum absolute atomic E-state index is 11.9. The Labute approximate surface area is 154 Å². The van der Waals surface area contributed by atoms with Crippen molar-refractivity contribution in [2.24, 2.45) is 5.92 Å². The van der Waals surface area contributed by atoms with E-state index in [0.717, 1.165) is 39.3 Å². The SMILES string of the molecule is CCN1CCN(CC(C)CNC(=O)CCNC(=O)c2ccsc2)CC1. The number of hydrogen-bond acceptors (Lipinski definition) is 5. The molecule has 7 heteroatoms. The van der Waals surface area contributed by atoms with Crippen LogP contribution in [0.5, 0.6) is 0 Å². The van der Waals surface area contributed by atoms with E-state index in [1.165, 1.54) is 11.3 Å². The number of carbonyl (C=O) groups is 2. The maximum Gasteiger partial charge on any atom is 0.252 e. The lowest BCUT2D eigenvalue weighted by Gasteiger charge is -2.35. The van der Waals surface area contributed by atoms with Crippen LogP contribution in [0.2, 0.25) is 0 Å². The van der Waals surface area contributed by atoms with Crippen molar-refractivity contribution < 1.29 is 9.59 Å². The zero-order valence-electron chi connectivity index (χ0n) is 15.3. The lowest BCUT2D eigenvalue weighted by atomic mass is 10.1. The number of carbonyl (C=O) groups excluding carboxylic acids is 2. The Bertz CT molecular complexity index is 527. The first-order valence-electron chi connectivity index (χ1n) is 9.10. The fraction of sp³-hybridized carbons (Fsp3) is 0.667. The third-order valence-corrected chi connectivity index (χ3v) is 5.23. The highest BCUT2D eigenvalue weighted by Crippen LogP contribution is 2.06. The van der Waals surface area contributed by atoms with Gasteiger partial charge in [0.2, 0.25) is 5.91 Å². The minimum Gasteiger partial charge on any atom is -0.356 e. The summed E-state index contributed by atoms with van der Waals surface area (Å²) >= 11 is 1.49. The highest BCUT2D eigenvalue weighted by molar-refractivity contribution is 7.08. The van der Waals surface area contributed by atoms with Crippen LogP contribution in [0.15, 0.2) is 16.8 Å². The van der Waals surface area contributed by atoms with Gasteiger partial charge in [0.25, 0.3) is 5.91 Å². The van der Waals surface area contributed by atoms with Gasteiger partial charge in [0.1, 0.15) is 0 Å². The molecule has 6 nitrogen and oxygen atoms in total. The summed E-state index contributed by atoms with van der Waals surface area (Å²) in [5, 5.41) is 9.42. The highest BCUT2D eigenvalue weighted by Gasteiger charge is 2.17. The van der Waals surface area contributed by atoms with E-state index in [-0.39, 0.29) is 11.8 Å². The summed E-state index contributed by atoms with van der Waals surface area (Å²) in [4.78, 5) is 28.6. The van der Waals surface area contributed by atoms with E-state index in [2.05, 4.69) is 34.3 Å². The number of piperazine rings is 1. The summed E-state index contributed by atoms with van der Waals surface area (Å²) in [6, 6.07) is 1.78. The van der Waals surface area contributed by atoms with Crippen LogP contribution in [0.25, 0.3) is 0 Å². The van der Waals surface area contributed by atoms with Gasteiger partial charge in [0, 0.05) is 63.2 Å². The van der Waals surface area contributed by atoms with Crippen LogP contribution in [-0.4, -0.2) is 74.0 Å². The smallest absolute Gasteiger partial charge is 0.252 e. The molecule has 1 unspecified atom stereocenters.